The van der Waals surface area contributed by atoms with Crippen LogP contribution < -0.4 is 0 Å². The summed E-state index contributed by atoms with van der Waals surface area (Å²) in [6.07, 6.45) is 6.04. The van der Waals surface area contributed by atoms with E-state index in [0.717, 1.165) is 25.7 Å². The number of carbonyl (C=O) groups is 1. The lowest BCUT2D eigenvalue weighted by molar-refractivity contribution is 0.0692. The minimum absolute atomic E-state index is 0.0508. The highest BCUT2D eigenvalue weighted by molar-refractivity contribution is 7.89. The second-order valence-corrected chi connectivity index (χ2v) is 14.4. The first-order valence-corrected chi connectivity index (χ1v) is 16.2. The molecule has 0 spiro atoms. The number of nitrogens with zero attached hydrogens (tertiary/aromatic N) is 5. The van der Waals surface area contributed by atoms with E-state index in [1.54, 1.807) is 45.5 Å². The molecule has 6 rings (SSSR count). The maximum atomic E-state index is 14.0. The van der Waals surface area contributed by atoms with Crippen molar-refractivity contribution in [2.45, 2.75) is 57.0 Å². The van der Waals surface area contributed by atoms with Crippen LogP contribution in [0.5, 0.6) is 0 Å². The van der Waals surface area contributed by atoms with Gasteiger partial charge >= 0.3 is 0 Å². The number of sulfonamides is 1. The molecule has 2 saturated heterocycles. The smallest absolute Gasteiger partial charge is 0.254 e. The zero-order valence-electron chi connectivity index (χ0n) is 23.3. The predicted octanol–water partition coefficient (Wildman–Crippen LogP) is 5.35. The van der Waals surface area contributed by atoms with Crippen LogP contribution in [-0.2, 0) is 16.6 Å². The molecule has 2 aromatic carbocycles. The molecule has 0 radical (unpaired) electrons. The Labute approximate surface area is 245 Å². The van der Waals surface area contributed by atoms with Crippen LogP contribution in [0, 0.1) is 29.5 Å². The fourth-order valence-corrected chi connectivity index (χ4v) is 8.49. The molecule has 218 valence electrons. The van der Waals surface area contributed by atoms with Crippen molar-refractivity contribution in [3.63, 3.8) is 0 Å². The first-order chi connectivity index (χ1) is 19.6. The number of likely N-dealkylation sites (tertiary alicyclic amines) is 1. The van der Waals surface area contributed by atoms with E-state index in [2.05, 4.69) is 24.2 Å². The van der Waals surface area contributed by atoms with E-state index in [4.69, 9.17) is 11.6 Å². The van der Waals surface area contributed by atoms with E-state index in [-0.39, 0.29) is 21.9 Å². The summed E-state index contributed by atoms with van der Waals surface area (Å²) in [5.41, 5.74) is 1.59. The molecule has 0 bridgehead atoms. The average Bonchev–Trinajstić information content (AvgIpc) is 3.54. The van der Waals surface area contributed by atoms with Gasteiger partial charge < -0.3 is 4.90 Å². The lowest BCUT2D eigenvalue weighted by atomic mass is 9.94. The molecule has 8 nitrogen and oxygen atoms in total. The number of halogens is 2. The third-order valence-electron chi connectivity index (χ3n) is 8.79. The minimum Gasteiger partial charge on any atom is -0.333 e. The molecule has 4 unspecified atom stereocenters. The van der Waals surface area contributed by atoms with E-state index in [1.807, 2.05) is 4.90 Å². The van der Waals surface area contributed by atoms with Gasteiger partial charge in [-0.3, -0.25) is 4.79 Å². The highest BCUT2D eigenvalue weighted by Crippen LogP contribution is 2.45. The standard InChI is InChI=1S/C30H35ClFN5O3S/c1-19-13-20(2)16-36(15-19)41(39,40)24-8-5-22(6-9-24)30(38)37-12-11-25(21-3-4-21)29(37)18-35-17-28(33-34-35)23-7-10-26(31)27(32)14-23/h5-10,14,17,19-21,25,29H,3-4,11-13,15-16,18H2,1-2H3. The summed E-state index contributed by atoms with van der Waals surface area (Å²) in [7, 11) is -3.62. The van der Waals surface area contributed by atoms with E-state index >= 15 is 0 Å². The fourth-order valence-electron chi connectivity index (χ4n) is 6.69. The molecule has 4 atom stereocenters. The number of hydrogen-bond donors (Lipinski definition) is 0. The number of hydrogen-bond acceptors (Lipinski definition) is 5. The zero-order valence-corrected chi connectivity index (χ0v) is 24.9. The number of benzene rings is 2. The molecular weight excluding hydrogens is 565 g/mol. The van der Waals surface area contributed by atoms with E-state index in [0.29, 0.717) is 66.7 Å². The van der Waals surface area contributed by atoms with Gasteiger partial charge in [0.15, 0.2) is 0 Å². The fraction of sp³-hybridized carbons (Fsp3) is 0.500. The molecule has 3 heterocycles. The van der Waals surface area contributed by atoms with Gasteiger partial charge in [0.05, 0.1) is 28.7 Å². The maximum absolute atomic E-state index is 14.0. The van der Waals surface area contributed by atoms with Crippen molar-refractivity contribution in [3.8, 4) is 11.3 Å². The molecule has 0 N–H and O–H groups in total. The Morgan fingerprint density at radius 2 is 1.76 bits per heavy atom. The van der Waals surface area contributed by atoms with Crippen LogP contribution >= 0.6 is 11.6 Å². The summed E-state index contributed by atoms with van der Waals surface area (Å²) in [5.74, 6) is 0.959. The van der Waals surface area contributed by atoms with Crippen LogP contribution in [0.1, 0.15) is 49.9 Å². The normalized spacial score (nSPS) is 25.5. The Morgan fingerprint density at radius 1 is 1.05 bits per heavy atom. The second-order valence-electron chi connectivity index (χ2n) is 12.1. The first kappa shape index (κ1) is 28.3. The topological polar surface area (TPSA) is 88.4 Å². The Kier molecular flexibility index (Phi) is 7.67. The monoisotopic (exact) mass is 599 g/mol. The van der Waals surface area contributed by atoms with Crippen LogP contribution in [0.4, 0.5) is 4.39 Å². The van der Waals surface area contributed by atoms with Crippen molar-refractivity contribution >= 4 is 27.5 Å². The summed E-state index contributed by atoms with van der Waals surface area (Å²) in [5, 5.41) is 8.57. The van der Waals surface area contributed by atoms with Gasteiger partial charge in [0.1, 0.15) is 11.5 Å². The van der Waals surface area contributed by atoms with Gasteiger partial charge in [0.25, 0.3) is 5.91 Å². The molecule has 3 fully saturated rings. The van der Waals surface area contributed by atoms with Crippen LogP contribution in [0.2, 0.25) is 5.02 Å². The van der Waals surface area contributed by atoms with Crippen molar-refractivity contribution in [1.29, 1.82) is 0 Å². The Bertz CT molecular complexity index is 1530. The van der Waals surface area contributed by atoms with E-state index in [1.165, 1.54) is 12.1 Å². The Balaban J connectivity index is 1.19. The quantitative estimate of drug-likeness (QED) is 0.366. The summed E-state index contributed by atoms with van der Waals surface area (Å²) in [4.78, 5) is 15.9. The van der Waals surface area contributed by atoms with Gasteiger partial charge in [-0.05, 0) is 85.8 Å². The highest BCUT2D eigenvalue weighted by atomic mass is 35.5. The SMILES string of the molecule is CC1CC(C)CN(S(=O)(=O)c2ccc(C(=O)N3CCC(C4CC4)C3Cn3cc(-c4ccc(Cl)c(F)c4)nn3)cc2)C1. The summed E-state index contributed by atoms with van der Waals surface area (Å²) < 4.78 is 43.9. The zero-order chi connectivity index (χ0) is 28.9. The van der Waals surface area contributed by atoms with E-state index < -0.39 is 15.8 Å². The van der Waals surface area contributed by atoms with Crippen LogP contribution in [-0.4, -0.2) is 64.2 Å². The predicted molar refractivity (Wildman–Crippen MR) is 154 cm³/mol. The Hall–Kier alpha value is -2.82. The van der Waals surface area contributed by atoms with Gasteiger partial charge in [0, 0.05) is 30.8 Å². The first-order valence-electron chi connectivity index (χ1n) is 14.4. The lowest BCUT2D eigenvalue weighted by Gasteiger charge is -2.34. The average molecular weight is 600 g/mol. The van der Waals surface area contributed by atoms with Gasteiger partial charge in [-0.15, -0.1) is 5.10 Å². The van der Waals surface area contributed by atoms with Crippen molar-refractivity contribution in [2.75, 3.05) is 19.6 Å². The van der Waals surface area contributed by atoms with Crippen molar-refractivity contribution in [3.05, 3.63) is 65.1 Å². The van der Waals surface area contributed by atoms with Crippen molar-refractivity contribution < 1.29 is 17.6 Å². The molecule has 3 aliphatic rings. The number of rotatable bonds is 7. The third-order valence-corrected chi connectivity index (χ3v) is 10.9. The van der Waals surface area contributed by atoms with Crippen LogP contribution in [0.25, 0.3) is 11.3 Å². The highest BCUT2D eigenvalue weighted by Gasteiger charge is 2.45. The van der Waals surface area contributed by atoms with Crippen LogP contribution in [0.15, 0.2) is 53.6 Å². The van der Waals surface area contributed by atoms with E-state index in [9.17, 15) is 17.6 Å². The van der Waals surface area contributed by atoms with Crippen molar-refractivity contribution in [2.24, 2.45) is 23.7 Å². The molecule has 2 aliphatic heterocycles. The molecule has 1 amide bonds. The molecule has 3 aromatic rings. The molecular formula is C30H35ClFN5O3S. The number of aromatic nitrogens is 3. The molecule has 1 aromatic heterocycles. The largest absolute Gasteiger partial charge is 0.333 e. The minimum atomic E-state index is -3.62. The number of carbonyl (C=O) groups excluding carboxylic acids is 1. The van der Waals surface area contributed by atoms with Crippen molar-refractivity contribution in [1.82, 2.24) is 24.2 Å². The number of piperidine rings is 1. The lowest BCUT2D eigenvalue weighted by Crippen LogP contribution is -2.42. The molecule has 1 aliphatic carbocycles. The maximum Gasteiger partial charge on any atom is 0.254 e. The summed E-state index contributed by atoms with van der Waals surface area (Å²) >= 11 is 5.83. The van der Waals surface area contributed by atoms with Gasteiger partial charge in [-0.2, -0.15) is 4.31 Å². The van der Waals surface area contributed by atoms with Gasteiger partial charge in [-0.25, -0.2) is 17.5 Å². The van der Waals surface area contributed by atoms with Crippen LogP contribution in [0.3, 0.4) is 0 Å². The molecule has 41 heavy (non-hydrogen) atoms. The third kappa shape index (κ3) is 5.79. The second kappa shape index (κ2) is 11.1. The van der Waals surface area contributed by atoms with Gasteiger partial charge in [-0.1, -0.05) is 36.7 Å². The summed E-state index contributed by atoms with van der Waals surface area (Å²) in [6.45, 7) is 6.31. The molecule has 1 saturated carbocycles. The number of amides is 1. The van der Waals surface area contributed by atoms with Gasteiger partial charge in [0.2, 0.25) is 10.0 Å². The Morgan fingerprint density at radius 3 is 2.41 bits per heavy atom. The summed E-state index contributed by atoms with van der Waals surface area (Å²) in [6, 6.07) is 10.9. The molecule has 11 heteroatoms.